The van der Waals surface area contributed by atoms with Gasteiger partial charge in [-0.3, -0.25) is 0 Å². The lowest BCUT2D eigenvalue weighted by atomic mass is 9.80. The van der Waals surface area contributed by atoms with Gasteiger partial charge in [0.05, 0.1) is 0 Å². The van der Waals surface area contributed by atoms with E-state index < -0.39 is 0 Å². The molecule has 15 heavy (non-hydrogen) atoms. The maximum atomic E-state index is 13.6. The SMILES string of the molecule is CC1(c2cc(F)ccc2F)CCC(N)C1. The Morgan fingerprint density at radius 1 is 1.40 bits per heavy atom. The van der Waals surface area contributed by atoms with Gasteiger partial charge in [0.2, 0.25) is 0 Å². The van der Waals surface area contributed by atoms with Gasteiger partial charge in [-0.2, -0.15) is 0 Å². The zero-order valence-corrected chi connectivity index (χ0v) is 8.76. The van der Waals surface area contributed by atoms with Gasteiger partial charge in [-0.1, -0.05) is 6.92 Å². The summed E-state index contributed by atoms with van der Waals surface area (Å²) in [6.07, 6.45) is 2.44. The highest BCUT2D eigenvalue weighted by molar-refractivity contribution is 5.28. The summed E-state index contributed by atoms with van der Waals surface area (Å²) in [5.74, 6) is -0.707. The molecule has 0 aliphatic heterocycles. The monoisotopic (exact) mass is 211 g/mol. The largest absolute Gasteiger partial charge is 0.328 e. The van der Waals surface area contributed by atoms with E-state index in [4.69, 9.17) is 5.73 Å². The van der Waals surface area contributed by atoms with Crippen molar-refractivity contribution in [3.8, 4) is 0 Å². The maximum Gasteiger partial charge on any atom is 0.127 e. The molecule has 1 nitrogen and oxygen atoms in total. The topological polar surface area (TPSA) is 26.0 Å². The van der Waals surface area contributed by atoms with Gasteiger partial charge in [-0.05, 0) is 48.4 Å². The first-order valence-corrected chi connectivity index (χ1v) is 5.22. The van der Waals surface area contributed by atoms with Gasteiger partial charge in [-0.25, -0.2) is 8.78 Å². The van der Waals surface area contributed by atoms with E-state index in [0.29, 0.717) is 5.56 Å². The molecule has 0 spiro atoms. The van der Waals surface area contributed by atoms with E-state index in [9.17, 15) is 8.78 Å². The minimum Gasteiger partial charge on any atom is -0.328 e. The van der Waals surface area contributed by atoms with Crippen LogP contribution in [0.15, 0.2) is 18.2 Å². The predicted octanol–water partition coefficient (Wildman–Crippen LogP) is 2.73. The summed E-state index contributed by atoms with van der Waals surface area (Å²) in [7, 11) is 0. The van der Waals surface area contributed by atoms with Gasteiger partial charge >= 0.3 is 0 Å². The number of hydrogen-bond donors (Lipinski definition) is 1. The Kier molecular flexibility index (Phi) is 2.51. The summed E-state index contributed by atoms with van der Waals surface area (Å²) < 4.78 is 26.7. The third-order valence-electron chi connectivity index (χ3n) is 3.36. The van der Waals surface area contributed by atoms with Crippen LogP contribution in [-0.2, 0) is 5.41 Å². The van der Waals surface area contributed by atoms with E-state index in [1.54, 1.807) is 0 Å². The Hall–Kier alpha value is -0.960. The fourth-order valence-corrected chi connectivity index (χ4v) is 2.49. The number of rotatable bonds is 1. The molecule has 1 fully saturated rings. The van der Waals surface area contributed by atoms with Crippen molar-refractivity contribution in [2.24, 2.45) is 5.73 Å². The lowest BCUT2D eigenvalue weighted by Crippen LogP contribution is -2.23. The van der Waals surface area contributed by atoms with Crippen LogP contribution in [0.25, 0.3) is 0 Å². The highest BCUT2D eigenvalue weighted by Gasteiger charge is 2.36. The number of nitrogens with two attached hydrogens (primary N) is 1. The van der Waals surface area contributed by atoms with Gasteiger partial charge in [0.1, 0.15) is 11.6 Å². The molecular formula is C12H15F2N. The maximum absolute atomic E-state index is 13.6. The van der Waals surface area contributed by atoms with Crippen molar-refractivity contribution in [2.45, 2.75) is 37.6 Å². The average molecular weight is 211 g/mol. The highest BCUT2D eigenvalue weighted by Crippen LogP contribution is 2.41. The Morgan fingerprint density at radius 3 is 2.73 bits per heavy atom. The molecule has 1 aromatic rings. The predicted molar refractivity (Wildman–Crippen MR) is 55.5 cm³/mol. The fraction of sp³-hybridized carbons (Fsp3) is 0.500. The van der Waals surface area contributed by atoms with Crippen molar-refractivity contribution in [1.29, 1.82) is 0 Å². The molecule has 1 aliphatic carbocycles. The molecule has 0 radical (unpaired) electrons. The molecule has 2 N–H and O–H groups in total. The smallest absolute Gasteiger partial charge is 0.127 e. The molecule has 2 atom stereocenters. The van der Waals surface area contributed by atoms with Crippen LogP contribution in [0.4, 0.5) is 8.78 Å². The summed E-state index contributed by atoms with van der Waals surface area (Å²) >= 11 is 0. The second-order valence-corrected chi connectivity index (χ2v) is 4.69. The normalized spacial score (nSPS) is 30.8. The first-order chi connectivity index (χ1) is 7.01. The third-order valence-corrected chi connectivity index (χ3v) is 3.36. The second kappa shape index (κ2) is 3.56. The van der Waals surface area contributed by atoms with Crippen LogP contribution in [0.2, 0.25) is 0 Å². The van der Waals surface area contributed by atoms with Gasteiger partial charge in [0.15, 0.2) is 0 Å². The van der Waals surface area contributed by atoms with E-state index in [1.165, 1.54) is 12.1 Å². The zero-order valence-electron chi connectivity index (χ0n) is 8.76. The molecule has 1 aromatic carbocycles. The van der Waals surface area contributed by atoms with Crippen LogP contribution >= 0.6 is 0 Å². The molecule has 0 amide bonds. The molecule has 0 heterocycles. The van der Waals surface area contributed by atoms with Gasteiger partial charge in [0, 0.05) is 6.04 Å². The van der Waals surface area contributed by atoms with Crippen molar-refractivity contribution >= 4 is 0 Å². The molecule has 82 valence electrons. The van der Waals surface area contributed by atoms with Crippen molar-refractivity contribution < 1.29 is 8.78 Å². The molecule has 2 unspecified atom stereocenters. The molecule has 2 rings (SSSR count). The summed E-state index contributed by atoms with van der Waals surface area (Å²) in [4.78, 5) is 0. The first-order valence-electron chi connectivity index (χ1n) is 5.22. The minimum atomic E-state index is -0.381. The van der Waals surface area contributed by atoms with E-state index >= 15 is 0 Å². The van der Waals surface area contributed by atoms with Crippen LogP contribution in [0, 0.1) is 11.6 Å². The average Bonchev–Trinajstić information content (AvgIpc) is 2.52. The number of benzene rings is 1. The van der Waals surface area contributed by atoms with Crippen molar-refractivity contribution in [3.63, 3.8) is 0 Å². The third kappa shape index (κ3) is 1.88. The first kappa shape index (κ1) is 10.6. The van der Waals surface area contributed by atoms with Crippen LogP contribution in [0.5, 0.6) is 0 Å². The molecule has 1 saturated carbocycles. The highest BCUT2D eigenvalue weighted by atomic mass is 19.1. The quantitative estimate of drug-likeness (QED) is 0.759. The Labute approximate surface area is 88.3 Å². The number of hydrogen-bond acceptors (Lipinski definition) is 1. The van der Waals surface area contributed by atoms with E-state index in [1.807, 2.05) is 6.92 Å². The summed E-state index contributed by atoms with van der Waals surface area (Å²) in [5, 5.41) is 0. The fourth-order valence-electron chi connectivity index (χ4n) is 2.49. The Morgan fingerprint density at radius 2 is 2.13 bits per heavy atom. The van der Waals surface area contributed by atoms with E-state index in [0.717, 1.165) is 25.3 Å². The summed E-state index contributed by atoms with van der Waals surface area (Å²) in [6, 6.07) is 3.75. The van der Waals surface area contributed by atoms with Gasteiger partial charge in [-0.15, -0.1) is 0 Å². The summed E-state index contributed by atoms with van der Waals surface area (Å²) in [5.41, 5.74) is 5.99. The molecular weight excluding hydrogens is 196 g/mol. The second-order valence-electron chi connectivity index (χ2n) is 4.69. The minimum absolute atomic E-state index is 0.109. The van der Waals surface area contributed by atoms with Crippen molar-refractivity contribution in [2.75, 3.05) is 0 Å². The van der Waals surface area contributed by atoms with Crippen LogP contribution in [0.3, 0.4) is 0 Å². The standard InChI is InChI=1S/C12H15F2N/c1-12(5-4-9(15)7-12)10-6-8(13)2-3-11(10)14/h2-3,6,9H,4-5,7,15H2,1H3. The molecule has 1 aliphatic rings. The summed E-state index contributed by atoms with van der Waals surface area (Å²) in [6.45, 7) is 1.96. The van der Waals surface area contributed by atoms with Crippen LogP contribution in [0.1, 0.15) is 31.7 Å². The van der Waals surface area contributed by atoms with Gasteiger partial charge < -0.3 is 5.73 Å². The van der Waals surface area contributed by atoms with E-state index in [-0.39, 0.29) is 23.1 Å². The molecule has 0 saturated heterocycles. The van der Waals surface area contributed by atoms with Gasteiger partial charge in [0.25, 0.3) is 0 Å². The Bertz CT molecular complexity index is 378. The van der Waals surface area contributed by atoms with E-state index in [2.05, 4.69) is 0 Å². The Balaban J connectivity index is 2.40. The van der Waals surface area contributed by atoms with Crippen molar-refractivity contribution in [1.82, 2.24) is 0 Å². The molecule has 0 aromatic heterocycles. The zero-order chi connectivity index (χ0) is 11.1. The molecule has 0 bridgehead atoms. The number of halogens is 2. The lowest BCUT2D eigenvalue weighted by Gasteiger charge is -2.25. The van der Waals surface area contributed by atoms with Crippen molar-refractivity contribution in [3.05, 3.63) is 35.4 Å². The lowest BCUT2D eigenvalue weighted by molar-refractivity contribution is 0.445. The van der Waals surface area contributed by atoms with Crippen LogP contribution < -0.4 is 5.73 Å². The molecule has 3 heteroatoms. The van der Waals surface area contributed by atoms with Crippen LogP contribution in [-0.4, -0.2) is 6.04 Å².